The molecule has 23 heavy (non-hydrogen) atoms. The standard InChI is InChI=1S/C20H34O3/c1-17(16(23)11-21)9-13-6-8-20-12-18(20,2)7-4-5-14(20)19(13,3)15(22)10-17/h13-16,21-23H,4-12H2,1-3H3/t13-,14+,15+,16-,17+,18-,19-,20-/m0/s1. The van der Waals surface area contributed by atoms with E-state index in [1.54, 1.807) is 0 Å². The van der Waals surface area contributed by atoms with Gasteiger partial charge in [0.2, 0.25) is 0 Å². The lowest BCUT2D eigenvalue weighted by Gasteiger charge is -2.62. The smallest absolute Gasteiger partial charge is 0.0825 e. The van der Waals surface area contributed by atoms with E-state index in [-0.39, 0.29) is 23.5 Å². The molecular weight excluding hydrogens is 288 g/mol. The first-order valence-electron chi connectivity index (χ1n) is 9.69. The predicted octanol–water partition coefficient (Wildman–Crippen LogP) is 3.11. The van der Waals surface area contributed by atoms with Gasteiger partial charge >= 0.3 is 0 Å². The Labute approximate surface area is 140 Å². The van der Waals surface area contributed by atoms with Crippen molar-refractivity contribution in [1.29, 1.82) is 0 Å². The van der Waals surface area contributed by atoms with Gasteiger partial charge in [-0.25, -0.2) is 0 Å². The number of fused-ring (bicyclic) bond motifs is 2. The molecule has 3 nitrogen and oxygen atoms in total. The molecule has 0 aromatic carbocycles. The van der Waals surface area contributed by atoms with Crippen molar-refractivity contribution in [3.63, 3.8) is 0 Å². The fourth-order valence-electron chi connectivity index (χ4n) is 7.63. The quantitative estimate of drug-likeness (QED) is 0.732. The molecule has 0 amide bonds. The molecule has 0 heterocycles. The first-order chi connectivity index (χ1) is 10.7. The SMILES string of the molecule is C[C@@]1([C@@H](O)CO)C[C@@H]2CC[C@@]34C[C@]3(C)CCC[C@@H]4[C@@]2(C)[C@H](O)C1. The van der Waals surface area contributed by atoms with Gasteiger partial charge in [0.15, 0.2) is 0 Å². The van der Waals surface area contributed by atoms with Crippen molar-refractivity contribution in [3.05, 3.63) is 0 Å². The van der Waals surface area contributed by atoms with Crippen LogP contribution in [0.15, 0.2) is 0 Å². The van der Waals surface area contributed by atoms with E-state index < -0.39 is 6.10 Å². The Morgan fingerprint density at radius 1 is 1.09 bits per heavy atom. The Morgan fingerprint density at radius 2 is 1.83 bits per heavy atom. The molecular formula is C20H34O3. The van der Waals surface area contributed by atoms with E-state index in [4.69, 9.17) is 0 Å². The summed E-state index contributed by atoms with van der Waals surface area (Å²) in [4.78, 5) is 0. The molecule has 4 saturated carbocycles. The molecule has 4 aliphatic rings. The van der Waals surface area contributed by atoms with Gasteiger partial charge in [0.05, 0.1) is 18.8 Å². The zero-order chi connectivity index (χ0) is 16.7. The van der Waals surface area contributed by atoms with E-state index in [0.29, 0.717) is 29.1 Å². The highest BCUT2D eigenvalue weighted by atomic mass is 16.3. The Bertz CT molecular complexity index is 507. The van der Waals surface area contributed by atoms with Gasteiger partial charge in [0, 0.05) is 0 Å². The van der Waals surface area contributed by atoms with Crippen LogP contribution >= 0.6 is 0 Å². The summed E-state index contributed by atoms with van der Waals surface area (Å²) in [6, 6.07) is 0. The summed E-state index contributed by atoms with van der Waals surface area (Å²) in [5.74, 6) is 1.13. The summed E-state index contributed by atoms with van der Waals surface area (Å²) < 4.78 is 0. The molecule has 3 N–H and O–H groups in total. The van der Waals surface area contributed by atoms with Crippen molar-refractivity contribution in [1.82, 2.24) is 0 Å². The average Bonchev–Trinajstić information content (AvgIpc) is 3.13. The second-order valence-electron chi connectivity index (χ2n) is 10.2. The molecule has 132 valence electrons. The van der Waals surface area contributed by atoms with Crippen LogP contribution in [0.2, 0.25) is 0 Å². The molecule has 0 aliphatic heterocycles. The molecule has 0 radical (unpaired) electrons. The van der Waals surface area contributed by atoms with Crippen molar-refractivity contribution in [2.45, 2.75) is 84.3 Å². The van der Waals surface area contributed by atoms with E-state index in [1.807, 2.05) is 0 Å². The third kappa shape index (κ3) is 1.88. The number of aliphatic hydroxyl groups is 3. The lowest BCUT2D eigenvalue weighted by molar-refractivity contribution is -0.193. The molecule has 4 fully saturated rings. The summed E-state index contributed by atoms with van der Waals surface area (Å²) in [5.41, 5.74) is 0.700. The van der Waals surface area contributed by atoms with Crippen molar-refractivity contribution < 1.29 is 15.3 Å². The van der Waals surface area contributed by atoms with Gasteiger partial charge in [-0.2, -0.15) is 0 Å². The monoisotopic (exact) mass is 322 g/mol. The Morgan fingerprint density at radius 3 is 2.52 bits per heavy atom. The van der Waals surface area contributed by atoms with Gasteiger partial charge in [-0.15, -0.1) is 0 Å². The molecule has 3 heteroatoms. The van der Waals surface area contributed by atoms with E-state index in [1.165, 1.54) is 38.5 Å². The highest BCUT2D eigenvalue weighted by Gasteiger charge is 2.75. The normalized spacial score (nSPS) is 59.5. The second-order valence-corrected chi connectivity index (χ2v) is 10.2. The number of rotatable bonds is 2. The van der Waals surface area contributed by atoms with Crippen LogP contribution in [-0.4, -0.2) is 34.1 Å². The largest absolute Gasteiger partial charge is 0.394 e. The number of hydrogen-bond acceptors (Lipinski definition) is 3. The third-order valence-electron chi connectivity index (χ3n) is 9.31. The maximum absolute atomic E-state index is 11.2. The summed E-state index contributed by atoms with van der Waals surface area (Å²) in [6.45, 7) is 6.70. The van der Waals surface area contributed by atoms with Gasteiger partial charge < -0.3 is 15.3 Å². The van der Waals surface area contributed by atoms with Crippen LogP contribution in [0.3, 0.4) is 0 Å². The number of aliphatic hydroxyl groups excluding tert-OH is 3. The van der Waals surface area contributed by atoms with Crippen LogP contribution < -0.4 is 0 Å². The molecule has 0 saturated heterocycles. The molecule has 8 atom stereocenters. The summed E-state index contributed by atoms with van der Waals surface area (Å²) >= 11 is 0. The van der Waals surface area contributed by atoms with Crippen molar-refractivity contribution in [2.75, 3.05) is 6.61 Å². The highest BCUT2D eigenvalue weighted by Crippen LogP contribution is 2.81. The van der Waals surface area contributed by atoms with Gasteiger partial charge in [-0.05, 0) is 78.4 Å². The van der Waals surface area contributed by atoms with Gasteiger partial charge in [0.1, 0.15) is 0 Å². The zero-order valence-corrected chi connectivity index (χ0v) is 15.0. The summed E-state index contributed by atoms with van der Waals surface area (Å²) in [7, 11) is 0. The van der Waals surface area contributed by atoms with Gasteiger partial charge in [-0.1, -0.05) is 27.2 Å². The van der Waals surface area contributed by atoms with Gasteiger partial charge in [0.25, 0.3) is 0 Å². The lowest BCUT2D eigenvalue weighted by Crippen LogP contribution is -2.60. The summed E-state index contributed by atoms with van der Waals surface area (Å²) in [6.07, 6.45) is 8.36. The fraction of sp³-hybridized carbons (Fsp3) is 1.00. The molecule has 0 aromatic heterocycles. The lowest BCUT2D eigenvalue weighted by atomic mass is 9.44. The van der Waals surface area contributed by atoms with Crippen molar-refractivity contribution in [3.8, 4) is 0 Å². The summed E-state index contributed by atoms with van der Waals surface area (Å²) in [5, 5.41) is 30.9. The zero-order valence-electron chi connectivity index (χ0n) is 15.0. The van der Waals surface area contributed by atoms with Crippen LogP contribution in [0.4, 0.5) is 0 Å². The molecule has 4 rings (SSSR count). The fourth-order valence-corrected chi connectivity index (χ4v) is 7.63. The molecule has 4 aliphatic carbocycles. The maximum Gasteiger partial charge on any atom is 0.0825 e. The first-order valence-corrected chi connectivity index (χ1v) is 9.69. The van der Waals surface area contributed by atoms with E-state index >= 15 is 0 Å². The first kappa shape index (κ1) is 16.4. The Balaban J connectivity index is 1.66. The second kappa shape index (κ2) is 4.74. The molecule has 0 unspecified atom stereocenters. The van der Waals surface area contributed by atoms with E-state index in [0.717, 1.165) is 6.42 Å². The van der Waals surface area contributed by atoms with Gasteiger partial charge in [-0.3, -0.25) is 0 Å². The minimum atomic E-state index is -0.713. The van der Waals surface area contributed by atoms with Crippen LogP contribution in [-0.2, 0) is 0 Å². The Hall–Kier alpha value is -0.120. The van der Waals surface area contributed by atoms with E-state index in [2.05, 4.69) is 20.8 Å². The van der Waals surface area contributed by atoms with Crippen LogP contribution in [0.5, 0.6) is 0 Å². The average molecular weight is 322 g/mol. The van der Waals surface area contributed by atoms with Crippen LogP contribution in [0.25, 0.3) is 0 Å². The Kier molecular flexibility index (Phi) is 3.37. The minimum Gasteiger partial charge on any atom is -0.394 e. The molecule has 0 aromatic rings. The topological polar surface area (TPSA) is 60.7 Å². The molecule has 1 spiro atoms. The van der Waals surface area contributed by atoms with Crippen LogP contribution in [0, 0.1) is 33.5 Å². The maximum atomic E-state index is 11.2. The number of hydrogen-bond donors (Lipinski definition) is 3. The van der Waals surface area contributed by atoms with Crippen molar-refractivity contribution in [2.24, 2.45) is 33.5 Å². The molecule has 0 bridgehead atoms. The highest BCUT2D eigenvalue weighted by molar-refractivity contribution is 5.23. The predicted molar refractivity (Wildman–Crippen MR) is 89.8 cm³/mol. The van der Waals surface area contributed by atoms with Crippen LogP contribution in [0.1, 0.15) is 72.1 Å². The van der Waals surface area contributed by atoms with E-state index in [9.17, 15) is 15.3 Å². The minimum absolute atomic E-state index is 0.00508. The third-order valence-corrected chi connectivity index (χ3v) is 9.31. The van der Waals surface area contributed by atoms with Crippen molar-refractivity contribution >= 4 is 0 Å².